The number of benzene rings is 2. The van der Waals surface area contributed by atoms with Crippen molar-refractivity contribution in [3.63, 3.8) is 0 Å². The molecule has 0 atom stereocenters. The standard InChI is InChI=1S/C34H35FN8O2/c1-34(2,3)17-29(44)37-23-14-21(18-36-19-23)26-9-10-28-31(38-26)32(42-41-28)33-39-27-8-6-7-25(30(27)40-33)20-13-22(35)16-24(15-20)45-12-11-43(4)5/h6-10,13-16,18-19H,11-12,17H2,1-5H3,(H,37,44)(H,39,40)(H,41,42). The van der Waals surface area contributed by atoms with E-state index in [2.05, 4.69) is 25.5 Å². The van der Waals surface area contributed by atoms with E-state index in [-0.39, 0.29) is 17.1 Å². The highest BCUT2D eigenvalue weighted by atomic mass is 19.1. The van der Waals surface area contributed by atoms with Gasteiger partial charge in [0, 0.05) is 36.4 Å². The van der Waals surface area contributed by atoms with Gasteiger partial charge in [0.1, 0.15) is 23.7 Å². The van der Waals surface area contributed by atoms with Gasteiger partial charge in [0.05, 0.1) is 34.1 Å². The largest absolute Gasteiger partial charge is 0.492 e. The second-order valence-corrected chi connectivity index (χ2v) is 12.5. The second kappa shape index (κ2) is 12.1. The Hall–Kier alpha value is -5.16. The number of H-pyrrole nitrogens is 2. The van der Waals surface area contributed by atoms with E-state index in [1.54, 1.807) is 12.4 Å². The summed E-state index contributed by atoms with van der Waals surface area (Å²) in [5.74, 6) is 0.524. The number of nitrogens with zero attached hydrogens (tertiary/aromatic N) is 5. The normalized spacial score (nSPS) is 11.9. The maximum atomic E-state index is 14.7. The zero-order valence-electron chi connectivity index (χ0n) is 25.9. The molecule has 230 valence electrons. The molecule has 1 amide bonds. The van der Waals surface area contributed by atoms with Crippen molar-refractivity contribution >= 4 is 33.7 Å². The highest BCUT2D eigenvalue weighted by molar-refractivity contribution is 5.97. The molecule has 0 radical (unpaired) electrons. The van der Waals surface area contributed by atoms with Gasteiger partial charge in [-0.2, -0.15) is 5.10 Å². The first-order valence-corrected chi connectivity index (χ1v) is 14.7. The van der Waals surface area contributed by atoms with E-state index in [0.717, 1.165) is 22.2 Å². The molecular weight excluding hydrogens is 571 g/mol. The molecule has 0 unspecified atom stereocenters. The first-order chi connectivity index (χ1) is 21.5. The number of rotatable bonds is 9. The van der Waals surface area contributed by atoms with Crippen molar-refractivity contribution in [2.24, 2.45) is 5.41 Å². The molecule has 10 nitrogen and oxygen atoms in total. The van der Waals surface area contributed by atoms with Crippen LogP contribution in [0, 0.1) is 11.2 Å². The number of aromatic nitrogens is 6. The average Bonchev–Trinajstić information content (AvgIpc) is 3.59. The number of carbonyl (C=O) groups excluding carboxylic acids is 1. The first-order valence-electron chi connectivity index (χ1n) is 14.7. The monoisotopic (exact) mass is 606 g/mol. The molecule has 11 heteroatoms. The number of halogens is 1. The molecule has 0 aliphatic carbocycles. The molecular formula is C34H35FN8O2. The van der Waals surface area contributed by atoms with Crippen LogP contribution in [0.2, 0.25) is 0 Å². The minimum absolute atomic E-state index is 0.0717. The zero-order valence-corrected chi connectivity index (χ0v) is 25.9. The Balaban J connectivity index is 1.33. The number of ether oxygens (including phenoxy) is 1. The van der Waals surface area contributed by atoms with Gasteiger partial charge in [-0.1, -0.05) is 32.9 Å². The lowest BCUT2D eigenvalue weighted by Crippen LogP contribution is -2.19. The number of hydrogen-bond acceptors (Lipinski definition) is 7. The summed E-state index contributed by atoms with van der Waals surface area (Å²) >= 11 is 0. The smallest absolute Gasteiger partial charge is 0.224 e. The molecule has 6 rings (SSSR count). The first kappa shape index (κ1) is 29.9. The maximum Gasteiger partial charge on any atom is 0.224 e. The van der Waals surface area contributed by atoms with Crippen LogP contribution in [0.25, 0.3) is 56.0 Å². The minimum atomic E-state index is -0.387. The Kier molecular flexibility index (Phi) is 8.03. The SMILES string of the molecule is CN(C)CCOc1cc(F)cc(-c2cccc3[nH]c(-c4n[nH]c5ccc(-c6cncc(NC(=O)CC(C)(C)C)c6)nc45)nc23)c1. The van der Waals surface area contributed by atoms with E-state index in [4.69, 9.17) is 14.7 Å². The van der Waals surface area contributed by atoms with Crippen molar-refractivity contribution in [3.05, 3.63) is 72.8 Å². The third-order valence-corrected chi connectivity index (χ3v) is 7.14. The molecule has 0 saturated heterocycles. The van der Waals surface area contributed by atoms with Gasteiger partial charge in [0.2, 0.25) is 5.91 Å². The van der Waals surface area contributed by atoms with Crippen LogP contribution in [0.15, 0.2) is 67.0 Å². The summed E-state index contributed by atoms with van der Waals surface area (Å²) in [5.41, 5.74) is 6.67. The quantitative estimate of drug-likeness (QED) is 0.168. The van der Waals surface area contributed by atoms with Crippen molar-refractivity contribution in [1.29, 1.82) is 0 Å². The van der Waals surface area contributed by atoms with Crippen molar-refractivity contribution in [1.82, 2.24) is 35.0 Å². The van der Waals surface area contributed by atoms with E-state index in [1.807, 2.05) is 82.2 Å². The molecule has 0 aliphatic heterocycles. The molecule has 4 aromatic heterocycles. The van der Waals surface area contributed by atoms with Gasteiger partial charge in [-0.25, -0.2) is 14.4 Å². The van der Waals surface area contributed by atoms with Gasteiger partial charge >= 0.3 is 0 Å². The van der Waals surface area contributed by atoms with Crippen LogP contribution >= 0.6 is 0 Å². The van der Waals surface area contributed by atoms with Gasteiger partial charge in [-0.15, -0.1) is 0 Å². The summed E-state index contributed by atoms with van der Waals surface area (Å²) < 4.78 is 20.5. The highest BCUT2D eigenvalue weighted by Gasteiger charge is 2.19. The Morgan fingerprint density at radius 3 is 2.62 bits per heavy atom. The van der Waals surface area contributed by atoms with Crippen LogP contribution in [0.5, 0.6) is 5.75 Å². The van der Waals surface area contributed by atoms with E-state index < -0.39 is 0 Å². The van der Waals surface area contributed by atoms with Gasteiger partial charge < -0.3 is 19.9 Å². The predicted octanol–water partition coefficient (Wildman–Crippen LogP) is 6.68. The van der Waals surface area contributed by atoms with E-state index in [9.17, 15) is 9.18 Å². The van der Waals surface area contributed by atoms with Crippen LogP contribution in [0.3, 0.4) is 0 Å². The lowest BCUT2D eigenvalue weighted by Gasteiger charge is -2.17. The summed E-state index contributed by atoms with van der Waals surface area (Å²) in [4.78, 5) is 32.0. The fourth-order valence-corrected chi connectivity index (χ4v) is 5.08. The Morgan fingerprint density at radius 1 is 0.978 bits per heavy atom. The maximum absolute atomic E-state index is 14.7. The van der Waals surface area contributed by atoms with Crippen LogP contribution in [-0.4, -0.2) is 68.2 Å². The van der Waals surface area contributed by atoms with Crippen LogP contribution in [-0.2, 0) is 4.79 Å². The average molecular weight is 607 g/mol. The third kappa shape index (κ3) is 6.83. The summed E-state index contributed by atoms with van der Waals surface area (Å²) in [6.45, 7) is 7.22. The summed E-state index contributed by atoms with van der Waals surface area (Å²) in [5, 5.41) is 10.5. The van der Waals surface area contributed by atoms with Crippen LogP contribution < -0.4 is 10.1 Å². The number of anilines is 1. The fourth-order valence-electron chi connectivity index (χ4n) is 5.08. The second-order valence-electron chi connectivity index (χ2n) is 12.5. The Bertz CT molecular complexity index is 2010. The fraction of sp³-hybridized carbons (Fsp3) is 0.265. The van der Waals surface area contributed by atoms with E-state index in [1.165, 1.54) is 12.1 Å². The number of amides is 1. The number of carbonyl (C=O) groups is 1. The van der Waals surface area contributed by atoms with E-state index in [0.29, 0.717) is 64.8 Å². The van der Waals surface area contributed by atoms with Crippen molar-refractivity contribution in [2.75, 3.05) is 32.6 Å². The Morgan fingerprint density at radius 2 is 1.82 bits per heavy atom. The number of para-hydroxylation sites is 1. The zero-order chi connectivity index (χ0) is 31.7. The van der Waals surface area contributed by atoms with Gasteiger partial charge in [0.15, 0.2) is 11.5 Å². The molecule has 0 aliphatic rings. The number of nitrogens with one attached hydrogen (secondary N) is 3. The number of pyridine rings is 2. The van der Waals surface area contributed by atoms with Crippen molar-refractivity contribution in [2.45, 2.75) is 27.2 Å². The lowest BCUT2D eigenvalue weighted by atomic mass is 9.92. The third-order valence-electron chi connectivity index (χ3n) is 7.14. The van der Waals surface area contributed by atoms with Gasteiger partial charge in [-0.3, -0.25) is 14.9 Å². The van der Waals surface area contributed by atoms with Crippen LogP contribution in [0.1, 0.15) is 27.2 Å². The van der Waals surface area contributed by atoms with Crippen molar-refractivity contribution in [3.8, 4) is 39.7 Å². The summed E-state index contributed by atoms with van der Waals surface area (Å²) in [6, 6.07) is 16.0. The summed E-state index contributed by atoms with van der Waals surface area (Å²) in [6.07, 6.45) is 3.72. The molecule has 0 bridgehead atoms. The van der Waals surface area contributed by atoms with Gasteiger partial charge in [-0.05, 0) is 61.5 Å². The predicted molar refractivity (Wildman–Crippen MR) is 174 cm³/mol. The van der Waals surface area contributed by atoms with Crippen molar-refractivity contribution < 1.29 is 13.9 Å². The molecule has 2 aromatic carbocycles. The number of imidazole rings is 1. The molecule has 6 aromatic rings. The number of aromatic amines is 2. The number of hydrogen-bond donors (Lipinski definition) is 3. The molecule has 0 saturated carbocycles. The Labute approximate surface area is 260 Å². The molecule has 3 N–H and O–H groups in total. The highest BCUT2D eigenvalue weighted by Crippen LogP contribution is 2.34. The topological polar surface area (TPSA) is 125 Å². The van der Waals surface area contributed by atoms with E-state index >= 15 is 0 Å². The molecule has 0 fully saturated rings. The number of likely N-dealkylation sites (N-methyl/N-ethyl adjacent to an activating group) is 1. The minimum Gasteiger partial charge on any atom is -0.492 e. The van der Waals surface area contributed by atoms with Gasteiger partial charge in [0.25, 0.3) is 0 Å². The molecule has 4 heterocycles. The van der Waals surface area contributed by atoms with Crippen LogP contribution in [0.4, 0.5) is 10.1 Å². The number of fused-ring (bicyclic) bond motifs is 2. The molecule has 0 spiro atoms. The molecule has 45 heavy (non-hydrogen) atoms. The summed E-state index contributed by atoms with van der Waals surface area (Å²) in [7, 11) is 3.92. The lowest BCUT2D eigenvalue weighted by molar-refractivity contribution is -0.117.